The summed E-state index contributed by atoms with van der Waals surface area (Å²) < 4.78 is 5.30. The molecular weight excluding hydrogens is 226 g/mol. The number of furan rings is 1. The van der Waals surface area contributed by atoms with Crippen molar-refractivity contribution in [1.29, 1.82) is 0 Å². The largest absolute Gasteiger partial charge is 0.508 e. The standard InChI is InChI=1S/C12H14ClNO2/c1-7(6-14)2-8-4-11-9(3-10(8)15)5-12(13)16-11/h3-5,7,15H,2,6,14H2,1H3. The minimum atomic E-state index is 0.269. The number of aromatic hydroxyl groups is 1. The highest BCUT2D eigenvalue weighted by Crippen LogP contribution is 2.30. The maximum Gasteiger partial charge on any atom is 0.194 e. The Labute approximate surface area is 98.8 Å². The lowest BCUT2D eigenvalue weighted by Gasteiger charge is -2.09. The van der Waals surface area contributed by atoms with Crippen LogP contribution >= 0.6 is 11.6 Å². The lowest BCUT2D eigenvalue weighted by atomic mass is 10.00. The van der Waals surface area contributed by atoms with Crippen LogP contribution in [0.4, 0.5) is 0 Å². The number of benzene rings is 1. The van der Waals surface area contributed by atoms with Gasteiger partial charge in [-0.05, 0) is 48.2 Å². The second-order valence-electron chi connectivity index (χ2n) is 4.11. The minimum absolute atomic E-state index is 0.269. The summed E-state index contributed by atoms with van der Waals surface area (Å²) in [5.74, 6) is 0.596. The molecule has 1 aromatic carbocycles. The van der Waals surface area contributed by atoms with Crippen LogP contribution in [0.25, 0.3) is 11.0 Å². The van der Waals surface area contributed by atoms with Crippen molar-refractivity contribution in [2.24, 2.45) is 11.7 Å². The van der Waals surface area contributed by atoms with Gasteiger partial charge in [0.2, 0.25) is 0 Å². The summed E-state index contributed by atoms with van der Waals surface area (Å²) in [5.41, 5.74) is 7.10. The molecule has 0 aliphatic rings. The van der Waals surface area contributed by atoms with E-state index in [9.17, 15) is 5.11 Å². The van der Waals surface area contributed by atoms with E-state index in [2.05, 4.69) is 0 Å². The van der Waals surface area contributed by atoms with Crippen molar-refractivity contribution >= 4 is 22.6 Å². The van der Waals surface area contributed by atoms with E-state index in [1.807, 2.05) is 13.0 Å². The zero-order chi connectivity index (χ0) is 11.7. The Morgan fingerprint density at radius 1 is 1.44 bits per heavy atom. The van der Waals surface area contributed by atoms with Crippen LogP contribution in [0.2, 0.25) is 5.22 Å². The van der Waals surface area contributed by atoms with E-state index in [0.29, 0.717) is 23.3 Å². The maximum atomic E-state index is 9.84. The molecule has 1 atom stereocenters. The van der Waals surface area contributed by atoms with Crippen molar-refractivity contribution in [3.8, 4) is 5.75 Å². The molecule has 0 amide bonds. The molecule has 4 heteroatoms. The van der Waals surface area contributed by atoms with Crippen molar-refractivity contribution < 1.29 is 9.52 Å². The van der Waals surface area contributed by atoms with Crippen LogP contribution < -0.4 is 5.73 Å². The number of hydrogen-bond donors (Lipinski definition) is 2. The van der Waals surface area contributed by atoms with Gasteiger partial charge in [0, 0.05) is 11.5 Å². The molecule has 0 fully saturated rings. The van der Waals surface area contributed by atoms with Gasteiger partial charge in [-0.25, -0.2) is 0 Å². The Bertz CT molecular complexity index is 507. The Balaban J connectivity index is 2.41. The van der Waals surface area contributed by atoms with Gasteiger partial charge in [0.25, 0.3) is 0 Å². The fourth-order valence-electron chi connectivity index (χ4n) is 1.71. The second kappa shape index (κ2) is 4.36. The highest BCUT2D eigenvalue weighted by molar-refractivity contribution is 6.29. The topological polar surface area (TPSA) is 59.4 Å². The van der Waals surface area contributed by atoms with Crippen LogP contribution in [0.1, 0.15) is 12.5 Å². The first-order valence-corrected chi connectivity index (χ1v) is 5.59. The first-order valence-electron chi connectivity index (χ1n) is 5.21. The summed E-state index contributed by atoms with van der Waals surface area (Å²) in [6.45, 7) is 2.63. The third-order valence-corrected chi connectivity index (χ3v) is 2.84. The van der Waals surface area contributed by atoms with Crippen molar-refractivity contribution in [3.05, 3.63) is 29.0 Å². The molecule has 0 saturated carbocycles. The van der Waals surface area contributed by atoms with Crippen molar-refractivity contribution in [2.75, 3.05) is 6.54 Å². The monoisotopic (exact) mass is 239 g/mol. The smallest absolute Gasteiger partial charge is 0.194 e. The fourth-order valence-corrected chi connectivity index (χ4v) is 1.91. The van der Waals surface area contributed by atoms with Gasteiger partial charge in [0.05, 0.1) is 0 Å². The SMILES string of the molecule is CC(CN)Cc1cc2oc(Cl)cc2cc1O. The Morgan fingerprint density at radius 2 is 2.19 bits per heavy atom. The number of hydrogen-bond acceptors (Lipinski definition) is 3. The van der Waals surface area contributed by atoms with E-state index in [4.69, 9.17) is 21.8 Å². The minimum Gasteiger partial charge on any atom is -0.508 e. The van der Waals surface area contributed by atoms with E-state index in [-0.39, 0.29) is 5.75 Å². The first kappa shape index (κ1) is 11.3. The molecule has 3 N–H and O–H groups in total. The molecule has 2 rings (SSSR count). The lowest BCUT2D eigenvalue weighted by Crippen LogP contribution is -2.13. The number of phenolic OH excluding ortho intramolecular Hbond substituents is 1. The predicted molar refractivity (Wildman–Crippen MR) is 64.8 cm³/mol. The van der Waals surface area contributed by atoms with Gasteiger partial charge in [0.1, 0.15) is 11.3 Å². The molecule has 1 unspecified atom stereocenters. The predicted octanol–water partition coefficient (Wildman–Crippen LogP) is 2.93. The van der Waals surface area contributed by atoms with Crippen LogP contribution in [0.15, 0.2) is 22.6 Å². The van der Waals surface area contributed by atoms with E-state index >= 15 is 0 Å². The van der Waals surface area contributed by atoms with Crippen LogP contribution in [0.3, 0.4) is 0 Å². The van der Waals surface area contributed by atoms with Gasteiger partial charge < -0.3 is 15.3 Å². The van der Waals surface area contributed by atoms with Crippen LogP contribution in [-0.2, 0) is 6.42 Å². The molecule has 86 valence electrons. The van der Waals surface area contributed by atoms with Gasteiger partial charge in [-0.3, -0.25) is 0 Å². The zero-order valence-corrected chi connectivity index (χ0v) is 9.79. The normalized spacial score (nSPS) is 13.2. The van der Waals surface area contributed by atoms with E-state index < -0.39 is 0 Å². The lowest BCUT2D eigenvalue weighted by molar-refractivity contribution is 0.460. The molecule has 0 bridgehead atoms. The van der Waals surface area contributed by atoms with Gasteiger partial charge >= 0.3 is 0 Å². The number of rotatable bonds is 3. The van der Waals surface area contributed by atoms with Gasteiger partial charge in [0.15, 0.2) is 5.22 Å². The van der Waals surface area contributed by atoms with Crippen LogP contribution in [-0.4, -0.2) is 11.7 Å². The molecule has 0 radical (unpaired) electrons. The van der Waals surface area contributed by atoms with Crippen LogP contribution in [0, 0.1) is 5.92 Å². The van der Waals surface area contributed by atoms with Crippen LogP contribution in [0.5, 0.6) is 5.75 Å². The van der Waals surface area contributed by atoms with E-state index in [0.717, 1.165) is 17.4 Å². The summed E-state index contributed by atoms with van der Waals surface area (Å²) in [6, 6.07) is 5.18. The Morgan fingerprint density at radius 3 is 2.88 bits per heavy atom. The zero-order valence-electron chi connectivity index (χ0n) is 9.03. The average Bonchev–Trinajstić information content (AvgIpc) is 2.58. The third kappa shape index (κ3) is 2.15. The number of fused-ring (bicyclic) bond motifs is 1. The molecule has 1 aromatic heterocycles. The van der Waals surface area contributed by atoms with Crippen molar-refractivity contribution in [1.82, 2.24) is 0 Å². The summed E-state index contributed by atoms with van der Waals surface area (Å²) in [5, 5.41) is 11.0. The molecule has 0 aliphatic carbocycles. The van der Waals surface area contributed by atoms with Gasteiger partial charge in [-0.15, -0.1) is 0 Å². The Kier molecular flexibility index (Phi) is 3.08. The maximum absolute atomic E-state index is 9.84. The fraction of sp³-hybridized carbons (Fsp3) is 0.333. The molecular formula is C12H14ClNO2. The Hall–Kier alpha value is -1.19. The van der Waals surface area contributed by atoms with Crippen molar-refractivity contribution in [2.45, 2.75) is 13.3 Å². The molecule has 0 saturated heterocycles. The number of phenols is 1. The summed E-state index contributed by atoms with van der Waals surface area (Å²) in [4.78, 5) is 0. The molecule has 2 aromatic rings. The van der Waals surface area contributed by atoms with Gasteiger partial charge in [-0.1, -0.05) is 6.92 Å². The highest BCUT2D eigenvalue weighted by Gasteiger charge is 2.10. The number of nitrogens with two attached hydrogens (primary N) is 1. The van der Waals surface area contributed by atoms with E-state index in [1.165, 1.54) is 0 Å². The summed E-state index contributed by atoms with van der Waals surface area (Å²) >= 11 is 5.75. The first-order chi connectivity index (χ1) is 7.60. The molecule has 16 heavy (non-hydrogen) atoms. The second-order valence-corrected chi connectivity index (χ2v) is 4.49. The van der Waals surface area contributed by atoms with Crippen molar-refractivity contribution in [3.63, 3.8) is 0 Å². The highest BCUT2D eigenvalue weighted by atomic mass is 35.5. The average molecular weight is 240 g/mol. The molecule has 0 spiro atoms. The quantitative estimate of drug-likeness (QED) is 0.866. The number of halogens is 1. The van der Waals surface area contributed by atoms with Gasteiger partial charge in [-0.2, -0.15) is 0 Å². The molecule has 0 aliphatic heterocycles. The van der Waals surface area contributed by atoms with E-state index in [1.54, 1.807) is 12.1 Å². The third-order valence-electron chi connectivity index (χ3n) is 2.66. The summed E-state index contributed by atoms with van der Waals surface area (Å²) in [6.07, 6.45) is 0.733. The molecule has 1 heterocycles. The summed E-state index contributed by atoms with van der Waals surface area (Å²) in [7, 11) is 0. The molecule has 3 nitrogen and oxygen atoms in total.